The molecule has 0 atom stereocenters. The molecule has 8 heteroatoms. The number of hydrogen-bond acceptors (Lipinski definition) is 5. The highest BCUT2D eigenvalue weighted by Crippen LogP contribution is 2.18. The van der Waals surface area contributed by atoms with E-state index in [1.807, 2.05) is 0 Å². The maximum Gasteiger partial charge on any atom is 0.340 e. The predicted octanol–water partition coefficient (Wildman–Crippen LogP) is 2.77. The number of carbonyl (C=O) groups is 2. The van der Waals surface area contributed by atoms with Crippen LogP contribution in [0.5, 0.6) is 0 Å². The molecule has 6 nitrogen and oxygen atoms in total. The van der Waals surface area contributed by atoms with Crippen molar-refractivity contribution >= 4 is 46.6 Å². The largest absolute Gasteiger partial charge is 0.452 e. The van der Waals surface area contributed by atoms with Gasteiger partial charge in [0.25, 0.3) is 5.91 Å². The minimum absolute atomic E-state index is 0.102. The summed E-state index contributed by atoms with van der Waals surface area (Å²) in [7, 11) is 0. The monoisotopic (exact) mass is 339 g/mol. The summed E-state index contributed by atoms with van der Waals surface area (Å²) < 4.78 is 4.88. The Morgan fingerprint density at radius 2 is 1.91 bits per heavy atom. The van der Waals surface area contributed by atoms with E-state index in [-0.39, 0.29) is 11.3 Å². The number of nitrogens with two attached hydrogens (primary N) is 1. The van der Waals surface area contributed by atoms with Crippen LogP contribution in [-0.2, 0) is 9.53 Å². The van der Waals surface area contributed by atoms with Crippen molar-refractivity contribution in [2.45, 2.75) is 0 Å². The summed E-state index contributed by atoms with van der Waals surface area (Å²) in [6, 6.07) is 7.50. The van der Waals surface area contributed by atoms with Gasteiger partial charge in [-0.15, -0.1) is 0 Å². The van der Waals surface area contributed by atoms with Crippen LogP contribution in [0.25, 0.3) is 0 Å². The Hall–Kier alpha value is -2.31. The van der Waals surface area contributed by atoms with Crippen molar-refractivity contribution in [3.8, 4) is 0 Å². The Morgan fingerprint density at radius 3 is 2.59 bits per heavy atom. The van der Waals surface area contributed by atoms with Gasteiger partial charge in [-0.25, -0.2) is 9.78 Å². The normalized spacial score (nSPS) is 10.1. The fourth-order valence-corrected chi connectivity index (χ4v) is 1.83. The first-order valence-electron chi connectivity index (χ1n) is 6.09. The number of aromatic nitrogens is 1. The number of ether oxygens (including phenoxy) is 1. The highest BCUT2D eigenvalue weighted by molar-refractivity contribution is 6.31. The number of benzene rings is 1. The molecule has 1 aromatic heterocycles. The van der Waals surface area contributed by atoms with Crippen LogP contribution in [0.1, 0.15) is 10.4 Å². The number of esters is 1. The van der Waals surface area contributed by atoms with Gasteiger partial charge in [0.15, 0.2) is 6.61 Å². The SMILES string of the molecule is Nc1ccc(Cl)cc1C(=O)OCC(=O)Nc1ccc(Cl)cn1. The van der Waals surface area contributed by atoms with E-state index in [9.17, 15) is 9.59 Å². The van der Waals surface area contributed by atoms with Crippen molar-refractivity contribution in [3.63, 3.8) is 0 Å². The smallest absolute Gasteiger partial charge is 0.340 e. The zero-order valence-corrected chi connectivity index (χ0v) is 12.7. The fraction of sp³-hybridized carbons (Fsp3) is 0.0714. The highest BCUT2D eigenvalue weighted by Gasteiger charge is 2.14. The van der Waals surface area contributed by atoms with Crippen LogP contribution in [0.3, 0.4) is 0 Å². The zero-order chi connectivity index (χ0) is 16.1. The minimum atomic E-state index is -0.737. The van der Waals surface area contributed by atoms with Crippen molar-refractivity contribution in [1.82, 2.24) is 4.98 Å². The van der Waals surface area contributed by atoms with Crippen LogP contribution in [-0.4, -0.2) is 23.5 Å². The van der Waals surface area contributed by atoms with Crippen LogP contribution in [0, 0.1) is 0 Å². The molecule has 0 aliphatic rings. The van der Waals surface area contributed by atoms with Crippen LogP contribution < -0.4 is 11.1 Å². The standard InChI is InChI=1S/C14H11Cl2N3O3/c15-8-1-3-11(17)10(5-8)14(21)22-7-13(20)19-12-4-2-9(16)6-18-12/h1-6H,7,17H2,(H,18,19,20). The third kappa shape index (κ3) is 4.34. The number of carbonyl (C=O) groups excluding carboxylic acids is 2. The highest BCUT2D eigenvalue weighted by atomic mass is 35.5. The molecule has 0 fully saturated rings. The molecule has 0 radical (unpaired) electrons. The van der Waals surface area contributed by atoms with Gasteiger partial charge in [0.2, 0.25) is 0 Å². The average molecular weight is 340 g/mol. The molecule has 0 saturated heterocycles. The number of hydrogen-bond donors (Lipinski definition) is 2. The van der Waals surface area contributed by atoms with Crippen LogP contribution >= 0.6 is 23.2 Å². The van der Waals surface area contributed by atoms with Gasteiger partial charge in [-0.3, -0.25) is 4.79 Å². The summed E-state index contributed by atoms with van der Waals surface area (Å²) in [4.78, 5) is 27.4. The predicted molar refractivity (Wildman–Crippen MR) is 84.0 cm³/mol. The third-order valence-corrected chi connectivity index (χ3v) is 3.02. The van der Waals surface area contributed by atoms with Crippen LogP contribution in [0.2, 0.25) is 10.0 Å². The first kappa shape index (κ1) is 16.1. The van der Waals surface area contributed by atoms with Gasteiger partial charge in [0.05, 0.1) is 10.6 Å². The Kier molecular flexibility index (Phi) is 5.19. The molecule has 3 N–H and O–H groups in total. The summed E-state index contributed by atoms with van der Waals surface area (Å²) in [6.45, 7) is -0.477. The Balaban J connectivity index is 1.91. The number of pyridine rings is 1. The van der Waals surface area contributed by atoms with Gasteiger partial charge in [0.1, 0.15) is 5.82 Å². The van der Waals surface area contributed by atoms with Crippen molar-refractivity contribution < 1.29 is 14.3 Å². The van der Waals surface area contributed by atoms with Gasteiger partial charge >= 0.3 is 5.97 Å². The van der Waals surface area contributed by atoms with Gasteiger partial charge in [-0.2, -0.15) is 0 Å². The van der Waals surface area contributed by atoms with Crippen molar-refractivity contribution in [1.29, 1.82) is 0 Å². The summed E-state index contributed by atoms with van der Waals surface area (Å²) >= 11 is 11.5. The molecule has 1 amide bonds. The first-order valence-corrected chi connectivity index (χ1v) is 6.85. The number of amides is 1. The van der Waals surface area contributed by atoms with E-state index in [4.69, 9.17) is 33.7 Å². The number of rotatable bonds is 4. The second-order valence-corrected chi connectivity index (χ2v) is 5.09. The maximum atomic E-state index is 11.8. The lowest BCUT2D eigenvalue weighted by atomic mass is 10.2. The van der Waals surface area contributed by atoms with E-state index in [1.165, 1.54) is 24.4 Å². The fourth-order valence-electron chi connectivity index (χ4n) is 1.54. The van der Waals surface area contributed by atoms with Gasteiger partial charge in [0, 0.05) is 16.9 Å². The molecule has 0 bridgehead atoms. The Labute approximate surface area is 136 Å². The second kappa shape index (κ2) is 7.11. The van der Waals surface area contributed by atoms with Gasteiger partial charge in [-0.05, 0) is 30.3 Å². The van der Waals surface area contributed by atoms with Crippen molar-refractivity contribution in [2.24, 2.45) is 0 Å². The minimum Gasteiger partial charge on any atom is -0.452 e. The molecule has 1 aromatic carbocycles. The molecule has 22 heavy (non-hydrogen) atoms. The molecule has 0 aliphatic heterocycles. The molecule has 114 valence electrons. The second-order valence-electron chi connectivity index (χ2n) is 4.22. The Bertz CT molecular complexity index is 705. The summed E-state index contributed by atoms with van der Waals surface area (Å²) in [5.74, 6) is -0.976. The molecule has 0 saturated carbocycles. The molecule has 0 unspecified atom stereocenters. The van der Waals surface area contributed by atoms with Crippen molar-refractivity contribution in [2.75, 3.05) is 17.7 Å². The maximum absolute atomic E-state index is 11.8. The molecule has 2 rings (SSSR count). The molecular weight excluding hydrogens is 329 g/mol. The molecule has 0 aliphatic carbocycles. The van der Waals surface area contributed by atoms with Crippen molar-refractivity contribution in [3.05, 3.63) is 52.1 Å². The molecule has 2 aromatic rings. The van der Waals surface area contributed by atoms with E-state index < -0.39 is 18.5 Å². The summed E-state index contributed by atoms with van der Waals surface area (Å²) in [5, 5.41) is 3.25. The van der Waals surface area contributed by atoms with E-state index >= 15 is 0 Å². The lowest BCUT2D eigenvalue weighted by Gasteiger charge is -2.08. The van der Waals surface area contributed by atoms with E-state index in [0.29, 0.717) is 15.9 Å². The number of anilines is 2. The zero-order valence-electron chi connectivity index (χ0n) is 11.2. The Morgan fingerprint density at radius 1 is 1.18 bits per heavy atom. The number of halogens is 2. The average Bonchev–Trinajstić information content (AvgIpc) is 2.49. The van der Waals surface area contributed by atoms with E-state index in [0.717, 1.165) is 0 Å². The molecule has 1 heterocycles. The molecular formula is C14H11Cl2N3O3. The van der Waals surface area contributed by atoms with E-state index in [1.54, 1.807) is 12.1 Å². The molecule has 0 spiro atoms. The lowest BCUT2D eigenvalue weighted by Crippen LogP contribution is -2.21. The number of nitrogen functional groups attached to an aromatic ring is 1. The summed E-state index contributed by atoms with van der Waals surface area (Å²) in [6.07, 6.45) is 1.38. The first-order chi connectivity index (χ1) is 10.5. The van der Waals surface area contributed by atoms with E-state index in [2.05, 4.69) is 10.3 Å². The van der Waals surface area contributed by atoms with Gasteiger partial charge in [-0.1, -0.05) is 23.2 Å². The third-order valence-electron chi connectivity index (χ3n) is 2.56. The van der Waals surface area contributed by atoms with Crippen LogP contribution in [0.15, 0.2) is 36.5 Å². The van der Waals surface area contributed by atoms with Gasteiger partial charge < -0.3 is 15.8 Å². The number of nitrogens with one attached hydrogen (secondary N) is 1. The summed E-state index contributed by atoms with van der Waals surface area (Å²) in [5.41, 5.74) is 5.97. The van der Waals surface area contributed by atoms with Crippen LogP contribution in [0.4, 0.5) is 11.5 Å². The quantitative estimate of drug-likeness (QED) is 0.659. The number of nitrogens with zero attached hydrogens (tertiary/aromatic N) is 1. The lowest BCUT2D eigenvalue weighted by molar-refractivity contribution is -0.119. The topological polar surface area (TPSA) is 94.3 Å².